The molecule has 0 rings (SSSR count). The number of nitrogens with one attached hydrogen (secondary N) is 1. The molecule has 1 atom stereocenters. The predicted molar refractivity (Wildman–Crippen MR) is 65.9 cm³/mol. The summed E-state index contributed by atoms with van der Waals surface area (Å²) in [7, 11) is 1.67. The standard InChI is InChI=1S/C12H27NO3/c1-4-6-13-12(5-2)11-16-10-9-15-8-7-14-3/h12-13H,4-11H2,1-3H3. The van der Waals surface area contributed by atoms with Gasteiger partial charge >= 0.3 is 0 Å². The molecule has 0 fully saturated rings. The van der Waals surface area contributed by atoms with Crippen molar-refractivity contribution in [3.05, 3.63) is 0 Å². The zero-order chi connectivity index (χ0) is 12.1. The highest BCUT2D eigenvalue weighted by molar-refractivity contribution is 4.62. The van der Waals surface area contributed by atoms with E-state index in [0.717, 1.165) is 26.0 Å². The van der Waals surface area contributed by atoms with E-state index in [0.29, 0.717) is 32.5 Å². The summed E-state index contributed by atoms with van der Waals surface area (Å²) in [5.41, 5.74) is 0. The normalized spacial score (nSPS) is 12.9. The average Bonchev–Trinajstić information content (AvgIpc) is 2.32. The van der Waals surface area contributed by atoms with Crippen LogP contribution in [0.25, 0.3) is 0 Å². The van der Waals surface area contributed by atoms with Crippen molar-refractivity contribution >= 4 is 0 Å². The lowest BCUT2D eigenvalue weighted by Crippen LogP contribution is -2.33. The van der Waals surface area contributed by atoms with Gasteiger partial charge in [-0.1, -0.05) is 13.8 Å². The Morgan fingerprint density at radius 1 is 1.00 bits per heavy atom. The topological polar surface area (TPSA) is 39.7 Å². The third kappa shape index (κ3) is 10.4. The van der Waals surface area contributed by atoms with E-state index in [2.05, 4.69) is 19.2 Å². The van der Waals surface area contributed by atoms with Crippen molar-refractivity contribution in [3.8, 4) is 0 Å². The van der Waals surface area contributed by atoms with Gasteiger partial charge in [0.1, 0.15) is 0 Å². The third-order valence-corrected chi connectivity index (χ3v) is 2.30. The maximum absolute atomic E-state index is 5.54. The molecule has 1 unspecified atom stereocenters. The fourth-order valence-electron chi connectivity index (χ4n) is 1.26. The molecule has 0 aliphatic rings. The first-order valence-electron chi connectivity index (χ1n) is 6.22. The summed E-state index contributed by atoms with van der Waals surface area (Å²) < 4.78 is 15.7. The number of hydrogen-bond acceptors (Lipinski definition) is 4. The van der Waals surface area contributed by atoms with E-state index in [9.17, 15) is 0 Å². The van der Waals surface area contributed by atoms with Gasteiger partial charge in [-0.2, -0.15) is 0 Å². The lowest BCUT2D eigenvalue weighted by atomic mass is 10.2. The van der Waals surface area contributed by atoms with Crippen molar-refractivity contribution in [3.63, 3.8) is 0 Å². The molecule has 0 bridgehead atoms. The van der Waals surface area contributed by atoms with Crippen LogP contribution >= 0.6 is 0 Å². The van der Waals surface area contributed by atoms with Gasteiger partial charge in [-0.05, 0) is 19.4 Å². The van der Waals surface area contributed by atoms with E-state index in [4.69, 9.17) is 14.2 Å². The van der Waals surface area contributed by atoms with Gasteiger partial charge in [0, 0.05) is 13.2 Å². The van der Waals surface area contributed by atoms with Crippen LogP contribution in [-0.2, 0) is 14.2 Å². The fourth-order valence-corrected chi connectivity index (χ4v) is 1.26. The Bertz CT molecular complexity index is 133. The first-order valence-corrected chi connectivity index (χ1v) is 6.22. The monoisotopic (exact) mass is 233 g/mol. The minimum atomic E-state index is 0.471. The zero-order valence-corrected chi connectivity index (χ0v) is 11.0. The quantitative estimate of drug-likeness (QED) is 0.518. The fraction of sp³-hybridized carbons (Fsp3) is 1.00. The van der Waals surface area contributed by atoms with Gasteiger partial charge in [0.05, 0.1) is 33.0 Å². The molecular formula is C12H27NO3. The Morgan fingerprint density at radius 2 is 1.69 bits per heavy atom. The summed E-state index contributed by atoms with van der Waals surface area (Å²) in [6.07, 6.45) is 2.27. The molecule has 0 aromatic carbocycles. The van der Waals surface area contributed by atoms with Gasteiger partial charge in [-0.3, -0.25) is 0 Å². The SMILES string of the molecule is CCCNC(CC)COCCOCCOC. The van der Waals surface area contributed by atoms with E-state index in [-0.39, 0.29) is 0 Å². The van der Waals surface area contributed by atoms with Crippen LogP contribution in [0.4, 0.5) is 0 Å². The molecule has 0 radical (unpaired) electrons. The van der Waals surface area contributed by atoms with Gasteiger partial charge in [0.25, 0.3) is 0 Å². The highest BCUT2D eigenvalue weighted by Gasteiger charge is 2.03. The smallest absolute Gasteiger partial charge is 0.0701 e. The minimum Gasteiger partial charge on any atom is -0.382 e. The van der Waals surface area contributed by atoms with Gasteiger partial charge in [-0.15, -0.1) is 0 Å². The van der Waals surface area contributed by atoms with E-state index in [1.165, 1.54) is 0 Å². The van der Waals surface area contributed by atoms with Gasteiger partial charge in [-0.25, -0.2) is 0 Å². The van der Waals surface area contributed by atoms with Crippen LogP contribution in [0, 0.1) is 0 Å². The molecule has 98 valence electrons. The van der Waals surface area contributed by atoms with Crippen molar-refractivity contribution in [1.82, 2.24) is 5.32 Å². The van der Waals surface area contributed by atoms with Gasteiger partial charge in [0.15, 0.2) is 0 Å². The molecule has 0 spiro atoms. The van der Waals surface area contributed by atoms with Crippen molar-refractivity contribution in [2.45, 2.75) is 32.7 Å². The Labute approximate surface area is 99.6 Å². The van der Waals surface area contributed by atoms with Crippen LogP contribution in [0.5, 0.6) is 0 Å². The van der Waals surface area contributed by atoms with E-state index < -0.39 is 0 Å². The number of hydrogen-bond donors (Lipinski definition) is 1. The van der Waals surface area contributed by atoms with Crippen LogP contribution in [-0.4, -0.2) is 52.7 Å². The molecule has 0 amide bonds. The second-order valence-corrected chi connectivity index (χ2v) is 3.74. The summed E-state index contributed by atoms with van der Waals surface area (Å²) in [4.78, 5) is 0. The number of methoxy groups -OCH3 is 1. The first kappa shape index (κ1) is 15.8. The van der Waals surface area contributed by atoms with Gasteiger partial charge in [0.2, 0.25) is 0 Å². The molecule has 0 aliphatic carbocycles. The molecule has 0 aliphatic heterocycles. The van der Waals surface area contributed by atoms with E-state index in [1.807, 2.05) is 0 Å². The predicted octanol–water partition coefficient (Wildman–Crippen LogP) is 1.44. The molecule has 1 N–H and O–H groups in total. The van der Waals surface area contributed by atoms with Crippen LogP contribution in [0.1, 0.15) is 26.7 Å². The largest absolute Gasteiger partial charge is 0.382 e. The van der Waals surface area contributed by atoms with Crippen LogP contribution in [0.2, 0.25) is 0 Å². The molecule has 0 aromatic heterocycles. The van der Waals surface area contributed by atoms with Crippen molar-refractivity contribution in [2.24, 2.45) is 0 Å². The Morgan fingerprint density at radius 3 is 2.31 bits per heavy atom. The lowest BCUT2D eigenvalue weighted by molar-refractivity contribution is 0.0192. The first-order chi connectivity index (χ1) is 7.85. The second-order valence-electron chi connectivity index (χ2n) is 3.74. The summed E-state index contributed by atoms with van der Waals surface area (Å²) in [6.45, 7) is 8.77. The highest BCUT2D eigenvalue weighted by Crippen LogP contribution is 1.92. The molecule has 0 saturated heterocycles. The molecular weight excluding hydrogens is 206 g/mol. The van der Waals surface area contributed by atoms with Gasteiger partial charge < -0.3 is 19.5 Å². The number of ether oxygens (including phenoxy) is 3. The molecule has 0 heterocycles. The summed E-state index contributed by atoms with van der Waals surface area (Å²) in [5, 5.41) is 3.44. The van der Waals surface area contributed by atoms with Crippen LogP contribution in [0.3, 0.4) is 0 Å². The molecule has 4 heteroatoms. The lowest BCUT2D eigenvalue weighted by Gasteiger charge is -2.16. The summed E-state index contributed by atoms with van der Waals surface area (Å²) in [5.74, 6) is 0. The average molecular weight is 233 g/mol. The summed E-state index contributed by atoms with van der Waals surface area (Å²) >= 11 is 0. The van der Waals surface area contributed by atoms with Crippen molar-refractivity contribution < 1.29 is 14.2 Å². The number of rotatable bonds is 12. The van der Waals surface area contributed by atoms with E-state index in [1.54, 1.807) is 7.11 Å². The molecule has 0 saturated carbocycles. The second kappa shape index (κ2) is 12.9. The van der Waals surface area contributed by atoms with Crippen LogP contribution < -0.4 is 5.32 Å². The van der Waals surface area contributed by atoms with Crippen molar-refractivity contribution in [1.29, 1.82) is 0 Å². The minimum absolute atomic E-state index is 0.471. The zero-order valence-electron chi connectivity index (χ0n) is 11.0. The molecule has 16 heavy (non-hydrogen) atoms. The maximum Gasteiger partial charge on any atom is 0.0701 e. The van der Waals surface area contributed by atoms with Crippen molar-refractivity contribution in [2.75, 3.05) is 46.7 Å². The Balaban J connectivity index is 3.20. The Kier molecular flexibility index (Phi) is 12.8. The Hall–Kier alpha value is -0.160. The highest BCUT2D eigenvalue weighted by atomic mass is 16.5. The molecule has 4 nitrogen and oxygen atoms in total. The van der Waals surface area contributed by atoms with E-state index >= 15 is 0 Å². The maximum atomic E-state index is 5.54. The van der Waals surface area contributed by atoms with Crippen LogP contribution in [0.15, 0.2) is 0 Å². The molecule has 0 aromatic rings. The summed E-state index contributed by atoms with van der Waals surface area (Å²) in [6, 6.07) is 0.471. The third-order valence-electron chi connectivity index (χ3n) is 2.30.